The van der Waals surface area contributed by atoms with Gasteiger partial charge in [-0.05, 0) is 65.8 Å². The number of rotatable bonds is 5. The number of benzene rings is 2. The number of halogens is 3. The lowest BCUT2D eigenvalue weighted by atomic mass is 10.2. The molecule has 1 fully saturated rings. The molecular formula is C27H26F3N7OS. The van der Waals surface area contributed by atoms with Crippen molar-refractivity contribution >= 4 is 44.7 Å². The quantitative estimate of drug-likeness (QED) is 0.317. The van der Waals surface area contributed by atoms with Crippen LogP contribution in [0.3, 0.4) is 0 Å². The van der Waals surface area contributed by atoms with E-state index in [4.69, 9.17) is 0 Å². The van der Waals surface area contributed by atoms with E-state index in [0.29, 0.717) is 17.9 Å². The Morgan fingerprint density at radius 1 is 1.03 bits per heavy atom. The third-order valence-corrected chi connectivity index (χ3v) is 7.36. The van der Waals surface area contributed by atoms with Crippen LogP contribution in [0.4, 0.5) is 19.0 Å². The lowest BCUT2D eigenvalue weighted by Crippen LogP contribution is -2.44. The second-order valence-electron chi connectivity index (χ2n) is 9.13. The summed E-state index contributed by atoms with van der Waals surface area (Å²) in [5.74, 6) is 0.807. The van der Waals surface area contributed by atoms with E-state index in [0.717, 1.165) is 61.5 Å². The largest absolute Gasteiger partial charge is 0.416 e. The molecule has 0 aliphatic carbocycles. The molecule has 0 saturated carbocycles. The Balaban J connectivity index is 0.000000198. The zero-order chi connectivity index (χ0) is 27.4. The van der Waals surface area contributed by atoms with E-state index >= 15 is 0 Å². The molecule has 1 aliphatic rings. The number of nitrogens with one attached hydrogen (secondary N) is 1. The van der Waals surface area contributed by atoms with E-state index in [9.17, 15) is 18.0 Å². The highest BCUT2D eigenvalue weighted by molar-refractivity contribution is 7.17. The van der Waals surface area contributed by atoms with Gasteiger partial charge in [0.05, 0.1) is 16.6 Å². The molecule has 1 saturated heterocycles. The first-order valence-corrected chi connectivity index (χ1v) is 13.1. The maximum atomic E-state index is 12.7. The molecule has 0 radical (unpaired) electrons. The van der Waals surface area contributed by atoms with Crippen molar-refractivity contribution in [3.63, 3.8) is 0 Å². The topological polar surface area (TPSA) is 79.2 Å². The smallest absolute Gasteiger partial charge is 0.355 e. The molecular weight excluding hydrogens is 527 g/mol. The van der Waals surface area contributed by atoms with Crippen LogP contribution in [-0.4, -0.2) is 64.3 Å². The van der Waals surface area contributed by atoms with E-state index in [1.807, 2.05) is 6.07 Å². The van der Waals surface area contributed by atoms with Gasteiger partial charge in [-0.3, -0.25) is 4.79 Å². The highest BCUT2D eigenvalue weighted by Gasteiger charge is 2.30. The predicted molar refractivity (Wildman–Crippen MR) is 146 cm³/mol. The van der Waals surface area contributed by atoms with Crippen LogP contribution in [-0.2, 0) is 17.5 Å². The number of hydrogen-bond donors (Lipinski definition) is 1. The average molecular weight is 554 g/mol. The molecule has 5 aromatic rings. The molecule has 39 heavy (non-hydrogen) atoms. The number of hydrogen-bond acceptors (Lipinski definition) is 7. The second-order valence-corrected chi connectivity index (χ2v) is 10.1. The summed E-state index contributed by atoms with van der Waals surface area (Å²) in [6, 6.07) is 13.2. The zero-order valence-corrected chi connectivity index (χ0v) is 21.9. The van der Waals surface area contributed by atoms with Gasteiger partial charge in [0.15, 0.2) is 5.65 Å². The normalized spacial score (nSPS) is 14.3. The molecule has 6 rings (SSSR count). The highest BCUT2D eigenvalue weighted by Crippen LogP contribution is 2.30. The van der Waals surface area contributed by atoms with Crippen LogP contribution in [0.5, 0.6) is 0 Å². The van der Waals surface area contributed by atoms with Crippen LogP contribution in [0.2, 0.25) is 0 Å². The lowest BCUT2D eigenvalue weighted by Gasteiger charge is -2.33. The highest BCUT2D eigenvalue weighted by atomic mass is 32.1. The lowest BCUT2D eigenvalue weighted by molar-refractivity contribution is -0.137. The number of piperazine rings is 1. The standard InChI is InChI=1S/C17H17F3N6.C10H9NOS/c1-24-6-8-25(9-7-24)16-14-10-26(23-15(14)21-11-22-16)13-4-2-12(3-5-13)17(18,19)20;12-7-11-6-8-1-2-10-9(5-8)3-4-13-10/h2-5,10-11H,6-9H2,1H3;1-5,7H,6H2,(H,11,12). The minimum Gasteiger partial charge on any atom is -0.355 e. The third kappa shape index (κ3) is 6.18. The molecule has 2 aromatic carbocycles. The summed E-state index contributed by atoms with van der Waals surface area (Å²) in [5.41, 5.74) is 1.52. The molecule has 0 unspecified atom stereocenters. The second kappa shape index (κ2) is 11.4. The van der Waals surface area contributed by atoms with E-state index < -0.39 is 11.7 Å². The summed E-state index contributed by atoms with van der Waals surface area (Å²) in [7, 11) is 2.08. The van der Waals surface area contributed by atoms with Gasteiger partial charge in [0, 0.05) is 43.6 Å². The summed E-state index contributed by atoms with van der Waals surface area (Å²) < 4.78 is 41.0. The first-order valence-electron chi connectivity index (χ1n) is 12.3. The molecule has 202 valence electrons. The number of thiophene rings is 1. The first-order chi connectivity index (χ1) is 18.8. The fraction of sp³-hybridized carbons (Fsp3) is 0.259. The summed E-state index contributed by atoms with van der Waals surface area (Å²) in [6.45, 7) is 4.20. The van der Waals surface area contributed by atoms with Crippen LogP contribution in [0.25, 0.3) is 26.8 Å². The van der Waals surface area contributed by atoms with Crippen molar-refractivity contribution in [3.05, 3.63) is 77.6 Å². The minimum atomic E-state index is -4.35. The molecule has 3 aromatic heterocycles. The number of alkyl halides is 3. The molecule has 0 atom stereocenters. The van der Waals surface area contributed by atoms with Gasteiger partial charge < -0.3 is 15.1 Å². The van der Waals surface area contributed by atoms with Gasteiger partial charge in [0.25, 0.3) is 0 Å². The molecule has 12 heteroatoms. The first kappa shape index (κ1) is 26.6. The van der Waals surface area contributed by atoms with Gasteiger partial charge in [-0.2, -0.15) is 13.2 Å². The average Bonchev–Trinajstić information content (AvgIpc) is 3.59. The van der Waals surface area contributed by atoms with Gasteiger partial charge in [-0.15, -0.1) is 16.4 Å². The van der Waals surface area contributed by atoms with Gasteiger partial charge >= 0.3 is 6.18 Å². The Morgan fingerprint density at radius 2 is 1.79 bits per heavy atom. The molecule has 0 spiro atoms. The van der Waals surface area contributed by atoms with E-state index in [1.165, 1.54) is 28.5 Å². The molecule has 1 aliphatic heterocycles. The summed E-state index contributed by atoms with van der Waals surface area (Å²) in [5, 5.41) is 11.1. The maximum absolute atomic E-state index is 12.7. The number of nitrogens with zero attached hydrogens (tertiary/aromatic N) is 6. The van der Waals surface area contributed by atoms with E-state index in [-0.39, 0.29) is 0 Å². The van der Waals surface area contributed by atoms with E-state index in [1.54, 1.807) is 22.2 Å². The summed E-state index contributed by atoms with van der Waals surface area (Å²) in [6.07, 6.45) is -0.392. The van der Waals surface area contributed by atoms with Crippen LogP contribution in [0, 0.1) is 0 Å². The number of fused-ring (bicyclic) bond motifs is 2. The van der Waals surface area contributed by atoms with Crippen LogP contribution < -0.4 is 10.2 Å². The number of aromatic nitrogens is 4. The molecule has 4 heterocycles. The minimum absolute atomic E-state index is 0.522. The van der Waals surface area contributed by atoms with Gasteiger partial charge in [-0.25, -0.2) is 14.6 Å². The Kier molecular flexibility index (Phi) is 7.75. The zero-order valence-electron chi connectivity index (χ0n) is 21.1. The molecule has 8 nitrogen and oxygen atoms in total. The van der Waals surface area contributed by atoms with Crippen LogP contribution in [0.15, 0.2) is 66.4 Å². The third-order valence-electron chi connectivity index (χ3n) is 6.46. The van der Waals surface area contributed by atoms with Crippen molar-refractivity contribution in [2.24, 2.45) is 0 Å². The number of carbonyl (C=O) groups excluding carboxylic acids is 1. The Bertz CT molecular complexity index is 1560. The predicted octanol–water partition coefficient (Wildman–Crippen LogP) is 4.73. The van der Waals surface area contributed by atoms with Crippen molar-refractivity contribution < 1.29 is 18.0 Å². The van der Waals surface area contributed by atoms with Crippen molar-refractivity contribution in [3.8, 4) is 5.69 Å². The Hall–Kier alpha value is -4.03. The van der Waals surface area contributed by atoms with Crippen molar-refractivity contribution in [2.45, 2.75) is 12.7 Å². The number of carbonyl (C=O) groups is 1. The fourth-order valence-corrected chi connectivity index (χ4v) is 5.09. The van der Waals surface area contributed by atoms with Crippen LogP contribution in [0.1, 0.15) is 11.1 Å². The Labute approximate surface area is 226 Å². The van der Waals surface area contributed by atoms with Crippen molar-refractivity contribution in [1.29, 1.82) is 0 Å². The van der Waals surface area contributed by atoms with Crippen molar-refractivity contribution in [2.75, 3.05) is 38.1 Å². The molecule has 1 N–H and O–H groups in total. The summed E-state index contributed by atoms with van der Waals surface area (Å²) >= 11 is 1.73. The molecule has 1 amide bonds. The molecule has 0 bridgehead atoms. The van der Waals surface area contributed by atoms with Gasteiger partial charge in [0.1, 0.15) is 12.1 Å². The monoisotopic (exact) mass is 553 g/mol. The van der Waals surface area contributed by atoms with E-state index in [2.05, 4.69) is 60.8 Å². The number of anilines is 1. The fourth-order valence-electron chi connectivity index (χ4n) is 4.32. The van der Waals surface area contributed by atoms with Crippen molar-refractivity contribution in [1.82, 2.24) is 30.0 Å². The van der Waals surface area contributed by atoms with Gasteiger partial charge in [0.2, 0.25) is 6.41 Å². The SMILES string of the molecule is CN1CCN(c2ncnc3nn(-c4ccc(C(F)(F)F)cc4)cc23)CC1.O=CNCc1ccc2sccc2c1. The maximum Gasteiger partial charge on any atom is 0.416 e. The van der Waals surface area contributed by atoms with Gasteiger partial charge in [-0.1, -0.05) is 6.07 Å². The number of likely N-dealkylation sites (N-methyl/N-ethyl adjacent to an activating group) is 1. The number of amides is 1. The summed E-state index contributed by atoms with van der Waals surface area (Å²) in [4.78, 5) is 23.1. The van der Waals surface area contributed by atoms with Crippen LogP contribution >= 0.6 is 11.3 Å². The Morgan fingerprint density at radius 3 is 2.51 bits per heavy atom.